The maximum atomic E-state index is 11.1. The van der Waals surface area contributed by atoms with Crippen molar-refractivity contribution < 1.29 is 24.5 Å². The van der Waals surface area contributed by atoms with Crippen molar-refractivity contribution in [3.63, 3.8) is 0 Å². The summed E-state index contributed by atoms with van der Waals surface area (Å²) < 4.78 is 7.91. The summed E-state index contributed by atoms with van der Waals surface area (Å²) in [6.07, 6.45) is 0. The van der Waals surface area contributed by atoms with Crippen LogP contribution >= 0.6 is 0 Å². The molecule has 2 N–H and O–H groups in total. The molecular formula is C24H20N2O5. The van der Waals surface area contributed by atoms with E-state index in [2.05, 4.69) is 6.07 Å². The van der Waals surface area contributed by atoms with Gasteiger partial charge in [-0.05, 0) is 66.6 Å². The highest BCUT2D eigenvalue weighted by Crippen LogP contribution is 2.22. The van der Waals surface area contributed by atoms with Gasteiger partial charge in [-0.1, -0.05) is 18.2 Å². The molecule has 0 fully saturated rings. The second-order valence-electron chi connectivity index (χ2n) is 7.23. The van der Waals surface area contributed by atoms with Crippen LogP contribution in [0, 0.1) is 6.92 Å². The Hall–Kier alpha value is -4.13. The first kappa shape index (κ1) is 20.2. The van der Waals surface area contributed by atoms with E-state index >= 15 is 0 Å². The van der Waals surface area contributed by atoms with E-state index in [4.69, 9.17) is 19.9 Å². The number of imidazole rings is 1. The van der Waals surface area contributed by atoms with Crippen LogP contribution in [-0.2, 0) is 13.2 Å². The third-order valence-electron chi connectivity index (χ3n) is 4.99. The standard InChI is InChI=1S/C24H20N2O5/c1-15-2-11-20-21(12-15)26(13-16-3-5-17(6-4-16)23(27)28)22(25-20)14-31-19-9-7-18(8-10-19)24(29)30/h2-12H,13-14H2,1H3,(H,27,28)(H,29,30). The van der Waals surface area contributed by atoms with E-state index < -0.39 is 11.9 Å². The number of benzene rings is 3. The summed E-state index contributed by atoms with van der Waals surface area (Å²) in [5.41, 5.74) is 4.28. The highest BCUT2D eigenvalue weighted by molar-refractivity contribution is 5.88. The minimum absolute atomic E-state index is 0.194. The van der Waals surface area contributed by atoms with Crippen LogP contribution in [0.15, 0.2) is 66.7 Å². The number of aromatic nitrogens is 2. The summed E-state index contributed by atoms with van der Waals surface area (Å²) in [4.78, 5) is 26.8. The molecule has 31 heavy (non-hydrogen) atoms. The van der Waals surface area contributed by atoms with Gasteiger partial charge >= 0.3 is 11.9 Å². The van der Waals surface area contributed by atoms with Gasteiger partial charge in [0.2, 0.25) is 0 Å². The summed E-state index contributed by atoms with van der Waals surface area (Å²) >= 11 is 0. The van der Waals surface area contributed by atoms with E-state index in [1.807, 2.05) is 23.6 Å². The Morgan fingerprint density at radius 2 is 1.52 bits per heavy atom. The Labute approximate surface area is 178 Å². The molecule has 7 nitrogen and oxygen atoms in total. The molecule has 0 aliphatic heterocycles. The summed E-state index contributed by atoms with van der Waals surface area (Å²) in [6.45, 7) is 2.72. The lowest BCUT2D eigenvalue weighted by Gasteiger charge is -2.11. The number of fused-ring (bicyclic) bond motifs is 1. The molecule has 1 aromatic heterocycles. The average molecular weight is 416 g/mol. The predicted octanol–water partition coefficient (Wildman–Crippen LogP) is 4.37. The second kappa shape index (κ2) is 8.31. The largest absolute Gasteiger partial charge is 0.486 e. The van der Waals surface area contributed by atoms with E-state index in [-0.39, 0.29) is 17.7 Å². The number of hydrogen-bond acceptors (Lipinski definition) is 4. The van der Waals surface area contributed by atoms with Crippen LogP contribution in [0.3, 0.4) is 0 Å². The first-order valence-corrected chi connectivity index (χ1v) is 9.65. The third kappa shape index (κ3) is 4.40. The average Bonchev–Trinajstić information content (AvgIpc) is 3.09. The molecule has 0 radical (unpaired) electrons. The number of nitrogens with zero attached hydrogens (tertiary/aromatic N) is 2. The number of aromatic carboxylic acids is 2. The van der Waals surface area contributed by atoms with E-state index in [0.29, 0.717) is 18.1 Å². The molecule has 1 heterocycles. The molecule has 7 heteroatoms. The van der Waals surface area contributed by atoms with Crippen LogP contribution in [0.1, 0.15) is 37.7 Å². The molecule has 0 aliphatic rings. The molecule has 0 saturated carbocycles. The first-order valence-electron chi connectivity index (χ1n) is 9.65. The summed E-state index contributed by atoms with van der Waals surface area (Å²) in [5, 5.41) is 18.1. The van der Waals surface area contributed by atoms with E-state index in [9.17, 15) is 9.59 Å². The Morgan fingerprint density at radius 1 is 0.903 bits per heavy atom. The molecule has 0 bridgehead atoms. The Morgan fingerprint density at radius 3 is 2.13 bits per heavy atom. The quantitative estimate of drug-likeness (QED) is 0.464. The number of carboxylic acids is 2. The zero-order chi connectivity index (χ0) is 22.0. The molecule has 0 unspecified atom stereocenters. The van der Waals surface area contributed by atoms with Crippen LogP contribution in [0.5, 0.6) is 5.75 Å². The smallest absolute Gasteiger partial charge is 0.335 e. The van der Waals surface area contributed by atoms with Crippen LogP contribution in [0.25, 0.3) is 11.0 Å². The molecule has 0 saturated heterocycles. The minimum atomic E-state index is -0.988. The number of aryl methyl sites for hydroxylation is 1. The normalized spacial score (nSPS) is 10.9. The zero-order valence-electron chi connectivity index (χ0n) is 16.8. The second-order valence-corrected chi connectivity index (χ2v) is 7.23. The number of rotatable bonds is 7. The highest BCUT2D eigenvalue weighted by atomic mass is 16.5. The Balaban J connectivity index is 1.63. The Kier molecular flexibility index (Phi) is 5.41. The summed E-state index contributed by atoms with van der Waals surface area (Å²) in [5.74, 6) is -0.688. The van der Waals surface area contributed by atoms with Gasteiger partial charge in [0.25, 0.3) is 0 Å². The van der Waals surface area contributed by atoms with Gasteiger partial charge in [0.05, 0.1) is 22.2 Å². The van der Waals surface area contributed by atoms with Gasteiger partial charge in [-0.3, -0.25) is 0 Å². The van der Waals surface area contributed by atoms with E-state index in [0.717, 1.165) is 22.2 Å². The number of ether oxygens (including phenoxy) is 1. The van der Waals surface area contributed by atoms with Gasteiger partial charge in [-0.25, -0.2) is 14.6 Å². The lowest BCUT2D eigenvalue weighted by Crippen LogP contribution is -2.09. The molecular weight excluding hydrogens is 396 g/mol. The monoisotopic (exact) mass is 416 g/mol. The molecule has 4 rings (SSSR count). The summed E-state index contributed by atoms with van der Waals surface area (Å²) in [6, 6.07) is 19.0. The third-order valence-corrected chi connectivity index (χ3v) is 4.99. The lowest BCUT2D eigenvalue weighted by atomic mass is 10.1. The van der Waals surface area contributed by atoms with Crippen molar-refractivity contribution in [3.8, 4) is 5.75 Å². The van der Waals surface area contributed by atoms with Crippen molar-refractivity contribution in [2.45, 2.75) is 20.1 Å². The van der Waals surface area contributed by atoms with Crippen molar-refractivity contribution in [3.05, 3.63) is 94.8 Å². The van der Waals surface area contributed by atoms with Crippen molar-refractivity contribution in [1.29, 1.82) is 0 Å². The maximum absolute atomic E-state index is 11.1. The summed E-state index contributed by atoms with van der Waals surface area (Å²) in [7, 11) is 0. The van der Waals surface area contributed by atoms with Crippen LogP contribution in [-0.4, -0.2) is 31.7 Å². The van der Waals surface area contributed by atoms with Gasteiger partial charge in [-0.15, -0.1) is 0 Å². The fraction of sp³-hybridized carbons (Fsp3) is 0.125. The van der Waals surface area contributed by atoms with Crippen molar-refractivity contribution >= 4 is 23.0 Å². The Bertz CT molecular complexity index is 1260. The number of hydrogen-bond donors (Lipinski definition) is 2. The molecule has 0 atom stereocenters. The minimum Gasteiger partial charge on any atom is -0.486 e. The predicted molar refractivity (Wildman–Crippen MR) is 115 cm³/mol. The molecule has 0 spiro atoms. The van der Waals surface area contributed by atoms with Gasteiger partial charge < -0.3 is 19.5 Å². The fourth-order valence-electron chi connectivity index (χ4n) is 3.35. The zero-order valence-corrected chi connectivity index (χ0v) is 16.8. The number of carboxylic acid groups (broad SMARTS) is 2. The molecule has 3 aromatic carbocycles. The van der Waals surface area contributed by atoms with Crippen molar-refractivity contribution in [2.75, 3.05) is 0 Å². The number of carbonyl (C=O) groups is 2. The van der Waals surface area contributed by atoms with Crippen molar-refractivity contribution in [2.24, 2.45) is 0 Å². The van der Waals surface area contributed by atoms with Gasteiger partial charge in [0.15, 0.2) is 0 Å². The van der Waals surface area contributed by atoms with Crippen LogP contribution < -0.4 is 4.74 Å². The van der Waals surface area contributed by atoms with E-state index in [1.54, 1.807) is 36.4 Å². The maximum Gasteiger partial charge on any atom is 0.335 e. The fourth-order valence-corrected chi connectivity index (χ4v) is 3.35. The highest BCUT2D eigenvalue weighted by Gasteiger charge is 2.13. The van der Waals surface area contributed by atoms with Crippen LogP contribution in [0.4, 0.5) is 0 Å². The molecule has 0 aliphatic carbocycles. The lowest BCUT2D eigenvalue weighted by molar-refractivity contribution is 0.0686. The van der Waals surface area contributed by atoms with Gasteiger partial charge in [-0.2, -0.15) is 0 Å². The van der Waals surface area contributed by atoms with Crippen molar-refractivity contribution in [1.82, 2.24) is 9.55 Å². The molecule has 156 valence electrons. The first-order chi connectivity index (χ1) is 14.9. The SMILES string of the molecule is Cc1ccc2nc(COc3ccc(C(=O)O)cc3)n(Cc3ccc(C(=O)O)cc3)c2c1. The van der Waals surface area contributed by atoms with E-state index in [1.165, 1.54) is 12.1 Å². The topological polar surface area (TPSA) is 102 Å². The van der Waals surface area contributed by atoms with Gasteiger partial charge in [0, 0.05) is 6.54 Å². The van der Waals surface area contributed by atoms with Gasteiger partial charge in [0.1, 0.15) is 18.2 Å². The molecule has 4 aromatic rings. The van der Waals surface area contributed by atoms with Crippen LogP contribution in [0.2, 0.25) is 0 Å². The molecule has 0 amide bonds.